The number of halogens is 2. The summed E-state index contributed by atoms with van der Waals surface area (Å²) in [6.45, 7) is 4.74. The third kappa shape index (κ3) is 7.61. The molecule has 3 heterocycles. The Morgan fingerprint density at radius 3 is 1.55 bits per heavy atom. The molecule has 0 spiro atoms. The minimum atomic E-state index is -1.01. The summed E-state index contributed by atoms with van der Waals surface area (Å²) >= 11 is 4.25. The van der Waals surface area contributed by atoms with Crippen molar-refractivity contribution in [2.45, 2.75) is 32.4 Å². The van der Waals surface area contributed by atoms with Crippen LogP contribution in [-0.2, 0) is 13.1 Å². The molecular weight excluding hydrogens is 626 g/mol. The van der Waals surface area contributed by atoms with Crippen LogP contribution < -0.4 is 0 Å². The number of aromatic nitrogens is 2. The molecule has 1 aliphatic heterocycles. The highest BCUT2D eigenvalue weighted by molar-refractivity contribution is 14.1. The van der Waals surface area contributed by atoms with Crippen LogP contribution in [0.15, 0.2) is 24.3 Å². The van der Waals surface area contributed by atoms with Crippen LogP contribution in [0.4, 0.5) is 0 Å². The lowest BCUT2D eigenvalue weighted by molar-refractivity contribution is 0.0679. The smallest absolute Gasteiger partial charge is 0.354 e. The molecule has 8 nitrogen and oxygen atoms in total. The molecule has 3 rings (SSSR count). The summed E-state index contributed by atoms with van der Waals surface area (Å²) in [6.07, 6.45) is 3.26. The molecule has 1 saturated heterocycles. The van der Waals surface area contributed by atoms with Crippen LogP contribution in [0.5, 0.6) is 0 Å². The summed E-state index contributed by atoms with van der Waals surface area (Å²) in [5.74, 6) is -2.03. The fourth-order valence-corrected chi connectivity index (χ4v) is 4.92. The molecule has 2 N–H and O–H groups in total. The predicted octanol–water partition coefficient (Wildman–Crippen LogP) is 3.57. The van der Waals surface area contributed by atoms with Gasteiger partial charge in [-0.15, -0.1) is 0 Å². The van der Waals surface area contributed by atoms with E-state index in [-0.39, 0.29) is 11.4 Å². The summed E-state index contributed by atoms with van der Waals surface area (Å²) in [6, 6.07) is 7.01. The summed E-state index contributed by atoms with van der Waals surface area (Å²) in [5, 5.41) is 18.6. The molecule has 0 bridgehead atoms. The lowest BCUT2D eigenvalue weighted by atomic mass is 10.2. The lowest BCUT2D eigenvalue weighted by Gasteiger charge is -2.26. The Morgan fingerprint density at radius 1 is 0.742 bits per heavy atom. The standard InChI is InChI=1S/C21H24I2N4O4/c22-14-8-16(24-18(10-14)20(28)29)12-26-4-2-1-3-5-27(7-6-26)13-17-9-15(23)11-19(25-17)21(30)31/h8-11H,1-7,12-13H2,(H,28,29)(H,30,31). The number of hydrogen-bond acceptors (Lipinski definition) is 6. The topological polar surface area (TPSA) is 107 Å². The monoisotopic (exact) mass is 650 g/mol. The van der Waals surface area contributed by atoms with E-state index in [1.165, 1.54) is 0 Å². The Labute approximate surface area is 208 Å². The van der Waals surface area contributed by atoms with Crippen LogP contribution in [-0.4, -0.2) is 68.1 Å². The Hall–Kier alpha value is -1.38. The fourth-order valence-electron chi connectivity index (χ4n) is 3.61. The number of pyridine rings is 2. The van der Waals surface area contributed by atoms with Crippen molar-refractivity contribution in [2.75, 3.05) is 26.2 Å². The van der Waals surface area contributed by atoms with Gasteiger partial charge in [-0.3, -0.25) is 9.80 Å². The molecule has 2 aromatic heterocycles. The maximum Gasteiger partial charge on any atom is 0.354 e. The van der Waals surface area contributed by atoms with Crippen molar-refractivity contribution in [2.24, 2.45) is 0 Å². The van der Waals surface area contributed by atoms with E-state index in [1.54, 1.807) is 12.1 Å². The van der Waals surface area contributed by atoms with Crippen molar-refractivity contribution < 1.29 is 19.8 Å². The lowest BCUT2D eigenvalue weighted by Crippen LogP contribution is -2.35. The average molecular weight is 650 g/mol. The maximum atomic E-state index is 11.3. The first kappa shape index (κ1) is 24.3. The van der Waals surface area contributed by atoms with Crippen LogP contribution in [0.1, 0.15) is 51.6 Å². The zero-order valence-electron chi connectivity index (χ0n) is 16.9. The number of aromatic carboxylic acids is 2. The van der Waals surface area contributed by atoms with Gasteiger partial charge in [0.25, 0.3) is 0 Å². The van der Waals surface area contributed by atoms with Crippen LogP contribution in [0.3, 0.4) is 0 Å². The van der Waals surface area contributed by atoms with E-state index in [1.807, 2.05) is 12.1 Å². The maximum absolute atomic E-state index is 11.3. The highest BCUT2D eigenvalue weighted by Gasteiger charge is 2.17. The quantitative estimate of drug-likeness (QED) is 0.458. The van der Waals surface area contributed by atoms with E-state index in [4.69, 9.17) is 0 Å². The summed E-state index contributed by atoms with van der Waals surface area (Å²) in [7, 11) is 0. The highest BCUT2D eigenvalue weighted by atomic mass is 127. The van der Waals surface area contributed by atoms with Crippen molar-refractivity contribution in [3.8, 4) is 0 Å². The van der Waals surface area contributed by atoms with Gasteiger partial charge < -0.3 is 10.2 Å². The number of carboxylic acids is 2. The summed E-state index contributed by atoms with van der Waals surface area (Å²) in [4.78, 5) is 35.9. The number of nitrogens with zero attached hydrogens (tertiary/aromatic N) is 4. The molecule has 0 atom stereocenters. The molecule has 1 aliphatic rings. The Kier molecular flexibility index (Phi) is 8.98. The fraction of sp³-hybridized carbons (Fsp3) is 0.429. The molecular formula is C21H24I2N4O4. The Bertz CT molecular complexity index is 881. The molecule has 0 saturated carbocycles. The zero-order chi connectivity index (χ0) is 22.4. The molecule has 1 fully saturated rings. The van der Waals surface area contributed by atoms with Crippen LogP contribution in [0, 0.1) is 7.14 Å². The first-order chi connectivity index (χ1) is 14.8. The minimum Gasteiger partial charge on any atom is -0.477 e. The Morgan fingerprint density at radius 2 is 1.16 bits per heavy atom. The number of carbonyl (C=O) groups is 2. The second-order valence-corrected chi connectivity index (χ2v) is 10.0. The molecule has 2 aromatic rings. The number of carboxylic acid groups (broad SMARTS) is 2. The minimum absolute atomic E-state index is 0.0757. The SMILES string of the molecule is O=C(O)c1cc(I)cc(CN2CCCCCN(Cc3cc(I)cc(C(=O)O)n3)CC2)n1. The van der Waals surface area contributed by atoms with E-state index in [2.05, 4.69) is 64.9 Å². The van der Waals surface area contributed by atoms with Gasteiger partial charge in [0.1, 0.15) is 11.4 Å². The third-order valence-corrected chi connectivity index (χ3v) is 6.32. The molecule has 0 amide bonds. The van der Waals surface area contributed by atoms with E-state index in [0.717, 1.165) is 64.0 Å². The summed E-state index contributed by atoms with van der Waals surface area (Å²) in [5.41, 5.74) is 1.68. The average Bonchev–Trinajstić information content (AvgIpc) is 2.80. The van der Waals surface area contributed by atoms with Gasteiger partial charge >= 0.3 is 11.9 Å². The van der Waals surface area contributed by atoms with E-state index in [0.29, 0.717) is 13.1 Å². The molecule has 31 heavy (non-hydrogen) atoms. The molecule has 166 valence electrons. The molecule has 0 radical (unpaired) electrons. The molecule has 10 heteroatoms. The zero-order valence-corrected chi connectivity index (χ0v) is 21.2. The van der Waals surface area contributed by atoms with Gasteiger partial charge in [-0.05, 0) is 95.4 Å². The van der Waals surface area contributed by atoms with Gasteiger partial charge in [0.05, 0.1) is 11.4 Å². The first-order valence-electron chi connectivity index (χ1n) is 10.0. The number of rotatable bonds is 6. The molecule has 0 aromatic carbocycles. The predicted molar refractivity (Wildman–Crippen MR) is 132 cm³/mol. The van der Waals surface area contributed by atoms with E-state index < -0.39 is 11.9 Å². The third-order valence-electron chi connectivity index (χ3n) is 5.08. The van der Waals surface area contributed by atoms with Crippen LogP contribution in [0.2, 0.25) is 0 Å². The van der Waals surface area contributed by atoms with Crippen LogP contribution >= 0.6 is 45.2 Å². The van der Waals surface area contributed by atoms with Crippen molar-refractivity contribution in [3.63, 3.8) is 0 Å². The second-order valence-electron chi connectivity index (χ2n) is 7.55. The van der Waals surface area contributed by atoms with Gasteiger partial charge in [-0.1, -0.05) is 6.42 Å². The van der Waals surface area contributed by atoms with E-state index >= 15 is 0 Å². The van der Waals surface area contributed by atoms with Gasteiger partial charge in [0.15, 0.2) is 0 Å². The largest absolute Gasteiger partial charge is 0.477 e. The van der Waals surface area contributed by atoms with Gasteiger partial charge in [0, 0.05) is 33.3 Å². The Balaban J connectivity index is 1.68. The van der Waals surface area contributed by atoms with Gasteiger partial charge in [-0.25, -0.2) is 19.6 Å². The second kappa shape index (κ2) is 11.5. The summed E-state index contributed by atoms with van der Waals surface area (Å²) < 4.78 is 1.73. The molecule has 0 unspecified atom stereocenters. The van der Waals surface area contributed by atoms with Crippen molar-refractivity contribution in [1.82, 2.24) is 19.8 Å². The molecule has 0 aliphatic carbocycles. The van der Waals surface area contributed by atoms with Gasteiger partial charge in [0.2, 0.25) is 0 Å². The van der Waals surface area contributed by atoms with E-state index in [9.17, 15) is 19.8 Å². The van der Waals surface area contributed by atoms with Crippen LogP contribution in [0.25, 0.3) is 0 Å². The van der Waals surface area contributed by atoms with Crippen molar-refractivity contribution in [3.05, 3.63) is 54.2 Å². The number of hydrogen-bond donors (Lipinski definition) is 2. The normalized spacial score (nSPS) is 16.3. The van der Waals surface area contributed by atoms with Crippen molar-refractivity contribution >= 4 is 57.1 Å². The first-order valence-corrected chi connectivity index (χ1v) is 12.2. The highest BCUT2D eigenvalue weighted by Crippen LogP contribution is 2.15. The van der Waals surface area contributed by atoms with Crippen molar-refractivity contribution in [1.29, 1.82) is 0 Å². The van der Waals surface area contributed by atoms with Gasteiger partial charge in [-0.2, -0.15) is 0 Å².